The largest absolute Gasteiger partial charge is 0.494 e. The maximum atomic E-state index is 13.1. The molecule has 0 bridgehead atoms. The van der Waals surface area contributed by atoms with Crippen molar-refractivity contribution >= 4 is 17.8 Å². The first-order chi connectivity index (χ1) is 20.6. The summed E-state index contributed by atoms with van der Waals surface area (Å²) in [5.41, 5.74) is 3.54. The second kappa shape index (κ2) is 15.8. The summed E-state index contributed by atoms with van der Waals surface area (Å²) in [4.78, 5) is 27.7. The fourth-order valence-electron chi connectivity index (χ4n) is 4.67. The number of benzene rings is 2. The lowest BCUT2D eigenvalue weighted by atomic mass is 9.87. The van der Waals surface area contributed by atoms with Gasteiger partial charge in [0, 0.05) is 23.9 Å². The van der Waals surface area contributed by atoms with Gasteiger partial charge in [-0.3, -0.25) is 9.59 Å². The van der Waals surface area contributed by atoms with Crippen LogP contribution < -0.4 is 18.9 Å². The number of amides is 1. The van der Waals surface area contributed by atoms with Crippen LogP contribution in [0.15, 0.2) is 78.0 Å². The fourth-order valence-corrected chi connectivity index (χ4v) is 4.67. The molecule has 1 aliphatic heterocycles. The highest BCUT2D eigenvalue weighted by molar-refractivity contribution is 6.06. The van der Waals surface area contributed by atoms with Crippen molar-refractivity contribution in [2.75, 3.05) is 34.5 Å². The lowest BCUT2D eigenvalue weighted by Crippen LogP contribution is -2.30. The molecule has 1 amide bonds. The van der Waals surface area contributed by atoms with Gasteiger partial charge in [-0.25, -0.2) is 0 Å². The number of ether oxygens (including phenoxy) is 4. The molecule has 7 heteroatoms. The molecule has 2 aromatic carbocycles. The van der Waals surface area contributed by atoms with Gasteiger partial charge < -0.3 is 23.8 Å². The second-order valence-electron chi connectivity index (χ2n) is 11.3. The third-order valence-corrected chi connectivity index (χ3v) is 7.37. The van der Waals surface area contributed by atoms with Gasteiger partial charge in [0.05, 0.1) is 27.9 Å². The van der Waals surface area contributed by atoms with Crippen molar-refractivity contribution in [1.82, 2.24) is 4.90 Å². The molecular formula is C36H45NO6. The van der Waals surface area contributed by atoms with Crippen LogP contribution in [-0.4, -0.2) is 51.1 Å². The van der Waals surface area contributed by atoms with E-state index in [0.717, 1.165) is 30.5 Å². The molecule has 0 unspecified atom stereocenters. The van der Waals surface area contributed by atoms with Crippen LogP contribution in [0.1, 0.15) is 69.3 Å². The minimum atomic E-state index is -0.140. The summed E-state index contributed by atoms with van der Waals surface area (Å²) in [6, 6.07) is 10.6. The van der Waals surface area contributed by atoms with Crippen LogP contribution in [0.5, 0.6) is 23.0 Å². The SMILES string of the molecule is COc1cc(/C=C/C(=O)c2ccc(OCCCN3C(=O)/C=C/C(C)(C)C/C=C(\C)CC/C=C/3C)cc2)cc(OC)c1OC. The minimum Gasteiger partial charge on any atom is -0.494 e. The molecule has 0 saturated heterocycles. The normalized spacial score (nSPS) is 18.9. The number of rotatable bonds is 11. The summed E-state index contributed by atoms with van der Waals surface area (Å²) >= 11 is 0. The van der Waals surface area contributed by atoms with Crippen molar-refractivity contribution in [2.24, 2.45) is 5.41 Å². The van der Waals surface area contributed by atoms with E-state index < -0.39 is 0 Å². The lowest BCUT2D eigenvalue weighted by molar-refractivity contribution is -0.124. The molecule has 0 aromatic heterocycles. The van der Waals surface area contributed by atoms with Crippen LogP contribution in [0.4, 0.5) is 0 Å². The zero-order valence-corrected chi connectivity index (χ0v) is 26.6. The third-order valence-electron chi connectivity index (χ3n) is 7.37. The topological polar surface area (TPSA) is 74.3 Å². The van der Waals surface area contributed by atoms with E-state index in [1.807, 2.05) is 17.9 Å². The maximum Gasteiger partial charge on any atom is 0.250 e. The van der Waals surface area contributed by atoms with E-state index in [9.17, 15) is 9.59 Å². The van der Waals surface area contributed by atoms with Crippen molar-refractivity contribution < 1.29 is 28.5 Å². The summed E-state index contributed by atoms with van der Waals surface area (Å²) in [5, 5.41) is 0. The predicted octanol–water partition coefficient (Wildman–Crippen LogP) is 7.82. The van der Waals surface area contributed by atoms with Crippen molar-refractivity contribution in [2.45, 2.75) is 53.4 Å². The Morgan fingerprint density at radius 1 is 0.977 bits per heavy atom. The van der Waals surface area contributed by atoms with E-state index in [-0.39, 0.29) is 17.1 Å². The van der Waals surface area contributed by atoms with E-state index in [1.54, 1.807) is 69.9 Å². The van der Waals surface area contributed by atoms with Crippen LogP contribution in [0.2, 0.25) is 0 Å². The summed E-state index contributed by atoms with van der Waals surface area (Å²) in [6.07, 6.45) is 14.8. The fraction of sp³-hybridized carbons (Fsp3) is 0.389. The van der Waals surface area contributed by atoms with Gasteiger partial charge in [-0.2, -0.15) is 0 Å². The molecular weight excluding hydrogens is 542 g/mol. The van der Waals surface area contributed by atoms with E-state index in [2.05, 4.69) is 32.9 Å². The Hall–Kier alpha value is -4.26. The molecule has 2 aromatic rings. The first-order valence-electron chi connectivity index (χ1n) is 14.6. The Kier molecular flexibility index (Phi) is 12.2. The summed E-state index contributed by atoms with van der Waals surface area (Å²) in [7, 11) is 4.64. The molecule has 43 heavy (non-hydrogen) atoms. The van der Waals surface area contributed by atoms with E-state index in [1.165, 1.54) is 11.6 Å². The number of nitrogens with zero attached hydrogens (tertiary/aromatic N) is 1. The van der Waals surface area contributed by atoms with E-state index >= 15 is 0 Å². The van der Waals surface area contributed by atoms with Crippen molar-refractivity contribution in [1.29, 1.82) is 0 Å². The minimum absolute atomic E-state index is 0.00875. The monoisotopic (exact) mass is 587 g/mol. The van der Waals surface area contributed by atoms with Crippen LogP contribution in [-0.2, 0) is 4.79 Å². The Bertz CT molecular complexity index is 1360. The van der Waals surface area contributed by atoms with Gasteiger partial charge in [0.15, 0.2) is 17.3 Å². The molecule has 0 atom stereocenters. The first-order valence-corrected chi connectivity index (χ1v) is 14.6. The number of ketones is 1. The number of carbonyl (C=O) groups excluding carboxylic acids is 2. The van der Waals surface area contributed by atoms with E-state index in [4.69, 9.17) is 18.9 Å². The zero-order valence-electron chi connectivity index (χ0n) is 26.6. The molecule has 230 valence electrons. The number of hydrogen-bond acceptors (Lipinski definition) is 6. The molecule has 0 radical (unpaired) electrons. The maximum absolute atomic E-state index is 13.1. The first kappa shape index (κ1) is 33.2. The Morgan fingerprint density at radius 2 is 1.65 bits per heavy atom. The number of allylic oxidation sites excluding steroid dienone is 6. The van der Waals surface area contributed by atoms with Gasteiger partial charge in [-0.1, -0.05) is 43.7 Å². The average molecular weight is 588 g/mol. The Labute approximate surface area is 256 Å². The van der Waals surface area contributed by atoms with Gasteiger partial charge in [0.2, 0.25) is 11.7 Å². The molecule has 3 rings (SSSR count). The van der Waals surface area contributed by atoms with Gasteiger partial charge in [0.25, 0.3) is 0 Å². The van der Waals surface area contributed by atoms with Crippen LogP contribution in [0.25, 0.3) is 6.08 Å². The van der Waals surface area contributed by atoms with Crippen molar-refractivity contribution in [3.63, 3.8) is 0 Å². The van der Waals surface area contributed by atoms with Gasteiger partial charge in [-0.05, 0) is 93.0 Å². The van der Waals surface area contributed by atoms with Crippen molar-refractivity contribution in [3.8, 4) is 23.0 Å². The molecule has 0 N–H and O–H groups in total. The molecule has 0 spiro atoms. The van der Waals surface area contributed by atoms with Gasteiger partial charge >= 0.3 is 0 Å². The standard InChI is InChI=1S/C36H45NO6/c1-26-10-8-11-27(2)37(34(39)19-21-36(3,4)20-18-26)22-9-23-43-30-15-13-29(14-16-30)31(38)17-12-28-24-32(40-5)35(42-7)33(25-28)41-6/h11-19,21,24-25H,8-10,20,22-23H2,1-7H3/b17-12+,21-19+,26-18+,27-11+. The summed E-state index contributed by atoms with van der Waals surface area (Å²) in [5.74, 6) is 2.05. The van der Waals surface area contributed by atoms with Gasteiger partial charge in [-0.15, -0.1) is 0 Å². The number of methoxy groups -OCH3 is 3. The zero-order chi connectivity index (χ0) is 31.4. The highest BCUT2D eigenvalue weighted by Crippen LogP contribution is 2.38. The highest BCUT2D eigenvalue weighted by atomic mass is 16.5. The quantitative estimate of drug-likeness (QED) is 0.115. The van der Waals surface area contributed by atoms with Gasteiger partial charge in [0.1, 0.15) is 5.75 Å². The molecule has 0 fully saturated rings. The Balaban J connectivity index is 1.58. The van der Waals surface area contributed by atoms with Crippen LogP contribution in [0, 0.1) is 5.41 Å². The number of hydrogen-bond donors (Lipinski definition) is 0. The predicted molar refractivity (Wildman–Crippen MR) is 172 cm³/mol. The highest BCUT2D eigenvalue weighted by Gasteiger charge is 2.17. The van der Waals surface area contributed by atoms with E-state index in [0.29, 0.717) is 48.1 Å². The second-order valence-corrected chi connectivity index (χ2v) is 11.3. The molecule has 7 nitrogen and oxygen atoms in total. The van der Waals surface area contributed by atoms with Crippen LogP contribution in [0.3, 0.4) is 0 Å². The molecule has 1 aliphatic rings. The summed E-state index contributed by atoms with van der Waals surface area (Å²) < 4.78 is 22.1. The molecule has 0 saturated carbocycles. The smallest absolute Gasteiger partial charge is 0.250 e. The lowest BCUT2D eigenvalue weighted by Gasteiger charge is -2.24. The Morgan fingerprint density at radius 3 is 2.28 bits per heavy atom. The van der Waals surface area contributed by atoms with Crippen LogP contribution >= 0.6 is 0 Å². The number of carbonyl (C=O) groups is 2. The average Bonchev–Trinajstić information content (AvgIpc) is 3.00. The molecule has 1 heterocycles. The van der Waals surface area contributed by atoms with Crippen molar-refractivity contribution in [3.05, 3.63) is 89.2 Å². The molecule has 0 aliphatic carbocycles. The third kappa shape index (κ3) is 9.91. The summed E-state index contributed by atoms with van der Waals surface area (Å²) in [6.45, 7) is 9.47.